The highest BCUT2D eigenvalue weighted by molar-refractivity contribution is 5.34. The van der Waals surface area contributed by atoms with Crippen molar-refractivity contribution >= 4 is 0 Å². The zero-order chi connectivity index (χ0) is 8.85. The molecule has 11 heavy (non-hydrogen) atoms. The van der Waals surface area contributed by atoms with E-state index in [4.69, 9.17) is 10.8 Å². The third kappa shape index (κ3) is 3.63. The highest BCUT2D eigenvalue weighted by atomic mass is 16.3. The van der Waals surface area contributed by atoms with Gasteiger partial charge in [-0.2, -0.15) is 0 Å². The molecular formula is C9H15NO. The van der Waals surface area contributed by atoms with Crippen molar-refractivity contribution in [1.82, 2.24) is 0 Å². The number of rotatable bonds is 3. The van der Waals surface area contributed by atoms with Gasteiger partial charge in [-0.25, -0.2) is 0 Å². The normalized spacial score (nSPS) is 11.0. The van der Waals surface area contributed by atoms with Crippen molar-refractivity contribution < 1.29 is 5.11 Å². The first-order valence-corrected chi connectivity index (χ1v) is 3.48. The molecule has 0 unspecified atom stereocenters. The van der Waals surface area contributed by atoms with E-state index in [0.717, 1.165) is 11.1 Å². The van der Waals surface area contributed by atoms with Gasteiger partial charge in [-0.05, 0) is 25.5 Å². The summed E-state index contributed by atoms with van der Waals surface area (Å²) >= 11 is 0. The summed E-state index contributed by atoms with van der Waals surface area (Å²) in [4.78, 5) is 0. The Morgan fingerprint density at radius 2 is 2.09 bits per heavy atom. The van der Waals surface area contributed by atoms with Crippen molar-refractivity contribution in [1.29, 1.82) is 0 Å². The second kappa shape index (κ2) is 4.74. The molecule has 0 aliphatic carbocycles. The zero-order valence-electron chi connectivity index (χ0n) is 7.09. The average molecular weight is 153 g/mol. The Balaban J connectivity index is 4.57. The summed E-state index contributed by atoms with van der Waals surface area (Å²) in [6.45, 7) is 7.46. The molecule has 0 heterocycles. The minimum Gasteiger partial charge on any atom is -0.400 e. The lowest BCUT2D eigenvalue weighted by molar-refractivity contribution is 0.329. The van der Waals surface area contributed by atoms with Crippen LogP contribution in [0.3, 0.4) is 0 Å². The van der Waals surface area contributed by atoms with Crippen LogP contribution in [0.2, 0.25) is 0 Å². The second-order valence-corrected chi connectivity index (χ2v) is 2.54. The Labute approximate surface area is 67.7 Å². The summed E-state index contributed by atoms with van der Waals surface area (Å²) in [6.07, 6.45) is 3.44. The van der Waals surface area contributed by atoms with Crippen LogP contribution in [0.5, 0.6) is 0 Å². The summed E-state index contributed by atoms with van der Waals surface area (Å²) in [5, 5.41) is 8.61. The quantitative estimate of drug-likeness (QED) is 0.601. The average Bonchev–Trinajstić information content (AvgIpc) is 1.99. The first-order valence-electron chi connectivity index (χ1n) is 3.48. The van der Waals surface area contributed by atoms with Crippen LogP contribution in [0, 0.1) is 0 Å². The van der Waals surface area contributed by atoms with E-state index in [0.29, 0.717) is 5.70 Å². The topological polar surface area (TPSA) is 46.2 Å². The smallest absolute Gasteiger partial charge is 0.0825 e. The Morgan fingerprint density at radius 3 is 2.36 bits per heavy atom. The van der Waals surface area contributed by atoms with Crippen LogP contribution in [0.25, 0.3) is 0 Å². The number of aliphatic hydroxyl groups excluding tert-OH is 1. The molecule has 0 aliphatic rings. The summed E-state index contributed by atoms with van der Waals surface area (Å²) in [5.41, 5.74) is 7.98. The molecule has 0 spiro atoms. The van der Waals surface area contributed by atoms with Gasteiger partial charge in [-0.15, -0.1) is 0 Å². The molecule has 62 valence electrons. The molecule has 0 atom stereocenters. The number of nitrogens with two attached hydrogens (primary N) is 1. The first kappa shape index (κ1) is 9.98. The molecule has 2 nitrogen and oxygen atoms in total. The lowest BCUT2D eigenvalue weighted by atomic mass is 10.1. The molecule has 0 rings (SSSR count). The van der Waals surface area contributed by atoms with E-state index in [1.54, 1.807) is 12.2 Å². The fraction of sp³-hybridized carbons (Fsp3) is 0.333. The Morgan fingerprint density at radius 1 is 1.55 bits per heavy atom. The number of hydrogen-bond acceptors (Lipinski definition) is 2. The number of hydrogen-bond donors (Lipinski definition) is 2. The molecular weight excluding hydrogens is 138 g/mol. The van der Waals surface area contributed by atoms with Crippen molar-refractivity contribution in [3.05, 3.63) is 35.6 Å². The monoisotopic (exact) mass is 153 g/mol. The van der Waals surface area contributed by atoms with Crippen LogP contribution in [0.1, 0.15) is 13.8 Å². The van der Waals surface area contributed by atoms with Gasteiger partial charge in [0, 0.05) is 5.70 Å². The molecule has 2 heteroatoms. The summed E-state index contributed by atoms with van der Waals surface area (Å²) in [5.74, 6) is 0. The van der Waals surface area contributed by atoms with Gasteiger partial charge in [-0.3, -0.25) is 0 Å². The van der Waals surface area contributed by atoms with Crippen molar-refractivity contribution in [2.45, 2.75) is 13.8 Å². The van der Waals surface area contributed by atoms with Gasteiger partial charge < -0.3 is 10.8 Å². The molecule has 3 N–H and O–H groups in total. The molecule has 0 saturated heterocycles. The Bertz CT molecular complexity index is 198. The van der Waals surface area contributed by atoms with Gasteiger partial charge in [0.1, 0.15) is 0 Å². The number of allylic oxidation sites excluding steroid dienone is 4. The lowest BCUT2D eigenvalue weighted by Crippen LogP contribution is -2.02. The van der Waals surface area contributed by atoms with Crippen LogP contribution in [0.15, 0.2) is 35.6 Å². The third-order valence-corrected chi connectivity index (χ3v) is 1.32. The van der Waals surface area contributed by atoms with Crippen molar-refractivity contribution in [2.24, 2.45) is 5.73 Å². The van der Waals surface area contributed by atoms with Crippen molar-refractivity contribution in [3.63, 3.8) is 0 Å². The van der Waals surface area contributed by atoms with E-state index in [1.807, 2.05) is 13.8 Å². The molecule has 0 saturated carbocycles. The Hall–Kier alpha value is -1.02. The molecule has 0 bridgehead atoms. The summed E-state index contributed by atoms with van der Waals surface area (Å²) in [6, 6.07) is 0. The van der Waals surface area contributed by atoms with Crippen molar-refractivity contribution in [3.8, 4) is 0 Å². The van der Waals surface area contributed by atoms with Crippen LogP contribution < -0.4 is 5.73 Å². The minimum atomic E-state index is -0.107. The van der Waals surface area contributed by atoms with E-state index >= 15 is 0 Å². The van der Waals surface area contributed by atoms with Crippen LogP contribution in [-0.2, 0) is 0 Å². The molecule has 0 fully saturated rings. The van der Waals surface area contributed by atoms with Gasteiger partial charge in [0.25, 0.3) is 0 Å². The van der Waals surface area contributed by atoms with E-state index in [1.165, 1.54) is 0 Å². The molecule has 0 aromatic carbocycles. The standard InChI is InChI=1S/C9H15NO/c1-4-8(7(2)3)5-9(10)6-11/h4-5,11H,1,6,10H2,2-3H3/b9-5-. The Kier molecular flexibility index (Phi) is 4.30. The SMILES string of the molecule is C=CC(/C=C(\N)CO)=C(C)C. The second-order valence-electron chi connectivity index (χ2n) is 2.54. The largest absolute Gasteiger partial charge is 0.400 e. The molecule has 0 aromatic rings. The minimum absolute atomic E-state index is 0.107. The maximum absolute atomic E-state index is 8.61. The van der Waals surface area contributed by atoms with Crippen molar-refractivity contribution in [2.75, 3.05) is 6.61 Å². The fourth-order valence-electron chi connectivity index (χ4n) is 0.653. The van der Waals surface area contributed by atoms with E-state index in [-0.39, 0.29) is 6.61 Å². The highest BCUT2D eigenvalue weighted by Gasteiger charge is 1.91. The molecule has 0 radical (unpaired) electrons. The van der Waals surface area contributed by atoms with Crippen LogP contribution in [-0.4, -0.2) is 11.7 Å². The lowest BCUT2D eigenvalue weighted by Gasteiger charge is -1.99. The first-order chi connectivity index (χ1) is 5.11. The predicted molar refractivity (Wildman–Crippen MR) is 47.9 cm³/mol. The van der Waals surface area contributed by atoms with Gasteiger partial charge in [-0.1, -0.05) is 18.2 Å². The van der Waals surface area contributed by atoms with E-state index in [9.17, 15) is 0 Å². The zero-order valence-corrected chi connectivity index (χ0v) is 7.09. The van der Waals surface area contributed by atoms with E-state index in [2.05, 4.69) is 6.58 Å². The van der Waals surface area contributed by atoms with Gasteiger partial charge >= 0.3 is 0 Å². The predicted octanol–water partition coefficient (Wildman–Crippen LogP) is 1.34. The summed E-state index contributed by atoms with van der Waals surface area (Å²) in [7, 11) is 0. The highest BCUT2D eigenvalue weighted by Crippen LogP contribution is 2.06. The van der Waals surface area contributed by atoms with Crippen LogP contribution in [0.4, 0.5) is 0 Å². The molecule has 0 amide bonds. The van der Waals surface area contributed by atoms with Gasteiger partial charge in [0.15, 0.2) is 0 Å². The van der Waals surface area contributed by atoms with E-state index < -0.39 is 0 Å². The van der Waals surface area contributed by atoms with Gasteiger partial charge in [0.05, 0.1) is 6.61 Å². The summed E-state index contributed by atoms with van der Waals surface area (Å²) < 4.78 is 0. The van der Waals surface area contributed by atoms with Gasteiger partial charge in [0.2, 0.25) is 0 Å². The number of aliphatic hydroxyl groups is 1. The fourth-order valence-corrected chi connectivity index (χ4v) is 0.653. The maximum atomic E-state index is 8.61. The molecule has 0 aromatic heterocycles. The van der Waals surface area contributed by atoms with Crippen LogP contribution >= 0.6 is 0 Å². The molecule has 0 aliphatic heterocycles. The maximum Gasteiger partial charge on any atom is 0.0825 e. The third-order valence-electron chi connectivity index (χ3n) is 1.32.